The molecule has 4 atom stereocenters. The number of hydrogen-bond acceptors (Lipinski definition) is 4. The fourth-order valence-electron chi connectivity index (χ4n) is 7.77. The molecule has 0 spiro atoms. The van der Waals surface area contributed by atoms with Crippen LogP contribution < -0.4 is 0 Å². The molecule has 4 unspecified atom stereocenters. The van der Waals surface area contributed by atoms with Crippen molar-refractivity contribution in [2.45, 2.75) is 77.8 Å². The van der Waals surface area contributed by atoms with Crippen molar-refractivity contribution in [3.05, 3.63) is 22.8 Å². The van der Waals surface area contributed by atoms with Crippen molar-refractivity contribution < 1.29 is 0 Å². The first-order chi connectivity index (χ1) is 12.3. The van der Waals surface area contributed by atoms with Gasteiger partial charge in [0.1, 0.15) is 20.7 Å². The van der Waals surface area contributed by atoms with Crippen LogP contribution >= 0.6 is 14.8 Å². The molecule has 150 valence electrons. The lowest BCUT2D eigenvalue weighted by molar-refractivity contribution is 0.105. The molecule has 0 aliphatic carbocycles. The Morgan fingerprint density at radius 1 is 0.667 bits per heavy atom. The summed E-state index contributed by atoms with van der Waals surface area (Å²) in [5.74, 6) is 0.691. The average Bonchev–Trinajstić information content (AvgIpc) is 3.08. The molecule has 5 heterocycles. The highest BCUT2D eigenvalue weighted by molar-refractivity contribution is 7.91. The highest BCUT2D eigenvalue weighted by Crippen LogP contribution is 2.96. The molecule has 0 bridgehead atoms. The predicted molar refractivity (Wildman–Crippen MR) is 120 cm³/mol. The van der Waals surface area contributed by atoms with Gasteiger partial charge in [-0.15, -0.1) is 0 Å². The molecule has 3 saturated heterocycles. The van der Waals surface area contributed by atoms with E-state index in [0.717, 1.165) is 0 Å². The second-order valence-corrected chi connectivity index (χ2v) is 19.2. The monoisotopic (exact) mass is 408 g/mol. The average molecular weight is 409 g/mol. The summed E-state index contributed by atoms with van der Waals surface area (Å²) in [6.45, 7) is 27.8. The molecule has 5 rings (SSSR count). The van der Waals surface area contributed by atoms with Gasteiger partial charge in [-0.3, -0.25) is 0 Å². The van der Waals surface area contributed by atoms with Gasteiger partial charge in [-0.25, -0.2) is 9.34 Å². The van der Waals surface area contributed by atoms with E-state index in [9.17, 15) is 0 Å². The summed E-state index contributed by atoms with van der Waals surface area (Å²) in [6.07, 6.45) is 1.10. The van der Waals surface area contributed by atoms with E-state index in [0.29, 0.717) is 35.2 Å². The van der Waals surface area contributed by atoms with Gasteiger partial charge in [0, 0.05) is 30.4 Å². The minimum Gasteiger partial charge on any atom is -0.345 e. The zero-order chi connectivity index (χ0) is 20.0. The lowest BCUT2D eigenvalue weighted by Crippen LogP contribution is -2.47. The molecule has 3 fully saturated rings. The SMILES string of the molecule is CC1=C(C)N2C3C4C5N(C(C)=C(C)N5[P+](C)(C)C4(C)[P+]2(C)C)C(C)C(C)N13. The van der Waals surface area contributed by atoms with Gasteiger partial charge >= 0.3 is 0 Å². The van der Waals surface area contributed by atoms with E-state index >= 15 is 0 Å². The highest BCUT2D eigenvalue weighted by atomic mass is 31.2. The zero-order valence-electron chi connectivity index (χ0n) is 19.1. The van der Waals surface area contributed by atoms with Crippen LogP contribution in [0.3, 0.4) is 0 Å². The van der Waals surface area contributed by atoms with Crippen molar-refractivity contribution in [1.82, 2.24) is 19.1 Å². The zero-order valence-corrected chi connectivity index (χ0v) is 20.9. The number of rotatable bonds is 0. The minimum absolute atomic E-state index is 0.416. The maximum Gasteiger partial charge on any atom is 0.224 e. The van der Waals surface area contributed by atoms with Crippen molar-refractivity contribution in [1.29, 1.82) is 0 Å². The summed E-state index contributed by atoms with van der Waals surface area (Å²) in [7, 11) is -2.62. The lowest BCUT2D eigenvalue weighted by atomic mass is 9.97. The Labute approximate surface area is 167 Å². The van der Waals surface area contributed by atoms with Gasteiger partial charge in [0.05, 0.1) is 38.1 Å². The lowest BCUT2D eigenvalue weighted by Gasteiger charge is -2.41. The van der Waals surface area contributed by atoms with Crippen molar-refractivity contribution in [3.63, 3.8) is 0 Å². The van der Waals surface area contributed by atoms with Gasteiger partial charge in [-0.05, 0) is 41.5 Å². The van der Waals surface area contributed by atoms with Crippen LogP contribution in [0.5, 0.6) is 0 Å². The Bertz CT molecular complexity index is 751. The predicted octanol–water partition coefficient (Wildman–Crippen LogP) is 4.91. The summed E-state index contributed by atoms with van der Waals surface area (Å²) in [4.78, 5) is 6.09. The van der Waals surface area contributed by atoms with Crippen LogP contribution in [0.25, 0.3) is 0 Å². The van der Waals surface area contributed by atoms with E-state index < -0.39 is 14.8 Å². The fraction of sp³-hybridized carbons (Fsp3) is 0.810. The van der Waals surface area contributed by atoms with Gasteiger partial charge in [-0.2, -0.15) is 0 Å². The summed E-state index contributed by atoms with van der Waals surface area (Å²) >= 11 is 0. The van der Waals surface area contributed by atoms with E-state index in [1.807, 2.05) is 0 Å². The molecule has 27 heavy (non-hydrogen) atoms. The molecule has 0 amide bonds. The number of allylic oxidation sites excluding steroid dienone is 4. The largest absolute Gasteiger partial charge is 0.345 e. The van der Waals surface area contributed by atoms with Crippen LogP contribution in [0.2, 0.25) is 0 Å². The van der Waals surface area contributed by atoms with Gasteiger partial charge in [0.2, 0.25) is 4.90 Å². The normalized spacial score (nSPS) is 46.1. The molecule has 5 aliphatic rings. The highest BCUT2D eigenvalue weighted by Gasteiger charge is 2.89. The molecular formula is C21H38N4P2+2. The molecule has 5 aliphatic heterocycles. The first-order valence-electron chi connectivity index (χ1n) is 10.5. The Kier molecular flexibility index (Phi) is 3.31. The molecule has 4 nitrogen and oxygen atoms in total. The second-order valence-electron chi connectivity index (χ2n) is 10.6. The molecule has 0 aromatic heterocycles. The molecule has 0 radical (unpaired) electrons. The Morgan fingerprint density at radius 3 is 1.33 bits per heavy atom. The fourth-order valence-corrected chi connectivity index (χ4v) is 19.5. The van der Waals surface area contributed by atoms with Gasteiger partial charge < -0.3 is 9.80 Å². The van der Waals surface area contributed by atoms with Crippen molar-refractivity contribution in [2.24, 2.45) is 5.92 Å². The minimum atomic E-state index is -1.31. The first kappa shape index (κ1) is 18.6. The maximum atomic E-state index is 2.95. The number of hydrogen-bond donors (Lipinski definition) is 0. The van der Waals surface area contributed by atoms with Crippen LogP contribution in [-0.2, 0) is 0 Å². The van der Waals surface area contributed by atoms with Crippen molar-refractivity contribution in [2.75, 3.05) is 26.7 Å². The van der Waals surface area contributed by atoms with E-state index in [1.165, 1.54) is 11.4 Å². The molecule has 6 heteroatoms. The van der Waals surface area contributed by atoms with Crippen molar-refractivity contribution >= 4 is 14.8 Å². The van der Waals surface area contributed by atoms with Gasteiger partial charge in [0.25, 0.3) is 0 Å². The molecule has 0 aromatic carbocycles. The van der Waals surface area contributed by atoms with Crippen LogP contribution in [0, 0.1) is 5.92 Å². The first-order valence-corrected chi connectivity index (χ1v) is 15.8. The van der Waals surface area contributed by atoms with Crippen molar-refractivity contribution in [3.8, 4) is 0 Å². The molecule has 0 saturated carbocycles. The van der Waals surface area contributed by atoms with E-state index in [1.54, 1.807) is 11.4 Å². The van der Waals surface area contributed by atoms with Crippen LogP contribution in [-0.4, -0.2) is 75.1 Å². The smallest absolute Gasteiger partial charge is 0.224 e. The van der Waals surface area contributed by atoms with Crippen LogP contribution in [0.15, 0.2) is 22.8 Å². The standard InChI is InChI=1S/C21H38N4P2/c1-12-13(2)23-15(4)17(6)25-20(23)18-19-22(12)14(3)16(5)24(19)26(8,9)21(18,7)27(25,10)11/h12-13,18-20H,1-11H3/q+2. The van der Waals surface area contributed by atoms with Crippen LogP contribution in [0.4, 0.5) is 0 Å². The Morgan fingerprint density at radius 2 is 1.00 bits per heavy atom. The molecule has 0 aromatic rings. The third-order valence-electron chi connectivity index (χ3n) is 9.72. The Balaban J connectivity index is 1.86. The summed E-state index contributed by atoms with van der Waals surface area (Å²) in [5, 5.41) is 0. The summed E-state index contributed by atoms with van der Waals surface area (Å²) in [6, 6.07) is 1.07. The second kappa shape index (κ2) is 4.81. The van der Waals surface area contributed by atoms with Gasteiger partial charge in [-0.1, -0.05) is 0 Å². The Hall–Kier alpha value is -0.460. The topological polar surface area (TPSA) is 13.0 Å². The third kappa shape index (κ3) is 1.55. The molecule has 0 N–H and O–H groups in total. The van der Waals surface area contributed by atoms with E-state index in [2.05, 4.69) is 94.3 Å². The van der Waals surface area contributed by atoms with Gasteiger partial charge in [0.15, 0.2) is 12.3 Å². The molecular weight excluding hydrogens is 370 g/mol. The van der Waals surface area contributed by atoms with E-state index in [-0.39, 0.29) is 0 Å². The summed E-state index contributed by atoms with van der Waals surface area (Å²) in [5.41, 5.74) is 6.19. The third-order valence-corrected chi connectivity index (χ3v) is 20.9. The maximum absolute atomic E-state index is 2.95. The number of nitrogens with zero attached hydrogens (tertiary/aromatic N) is 4. The van der Waals surface area contributed by atoms with E-state index in [4.69, 9.17) is 0 Å². The van der Waals surface area contributed by atoms with Crippen LogP contribution in [0.1, 0.15) is 48.5 Å². The summed E-state index contributed by atoms with van der Waals surface area (Å²) < 4.78 is 5.89. The quantitative estimate of drug-likeness (QED) is 0.528.